The molecule has 0 unspecified atom stereocenters. The van der Waals surface area contributed by atoms with Crippen LogP contribution < -0.4 is 5.32 Å². The Kier molecular flexibility index (Phi) is 3.88. The smallest absolute Gasteiger partial charge is 0.123 e. The largest absolute Gasteiger partial charge is 0.365 e. The summed E-state index contributed by atoms with van der Waals surface area (Å²) >= 11 is 0. The van der Waals surface area contributed by atoms with Crippen molar-refractivity contribution in [1.29, 1.82) is 0 Å². The van der Waals surface area contributed by atoms with E-state index in [0.717, 1.165) is 19.5 Å². The molecule has 3 rings (SSSR count). The molecule has 0 atom stereocenters. The predicted octanol–water partition coefficient (Wildman–Crippen LogP) is 3.52. The quantitative estimate of drug-likeness (QED) is 0.879. The average molecular weight is 272 g/mol. The number of H-pyrrole nitrogens is 1. The molecule has 2 nitrogen and oxygen atoms in total. The van der Waals surface area contributed by atoms with Crippen LogP contribution in [0.5, 0.6) is 0 Å². The maximum atomic E-state index is 13.0. The highest BCUT2D eigenvalue weighted by molar-refractivity contribution is 5.38. The van der Waals surface area contributed by atoms with Gasteiger partial charge in [0.1, 0.15) is 5.82 Å². The van der Waals surface area contributed by atoms with E-state index in [-0.39, 0.29) is 5.82 Å². The molecule has 1 aliphatic heterocycles. The van der Waals surface area contributed by atoms with Crippen LogP contribution in [0.2, 0.25) is 0 Å². The Balaban J connectivity index is 1.84. The second kappa shape index (κ2) is 5.80. The number of nitrogens with one attached hydrogen (secondary N) is 2. The summed E-state index contributed by atoms with van der Waals surface area (Å²) in [4.78, 5) is 3.37. The van der Waals surface area contributed by atoms with Crippen molar-refractivity contribution >= 4 is 0 Å². The molecule has 1 aliphatic rings. The van der Waals surface area contributed by atoms with Gasteiger partial charge in [-0.15, -0.1) is 0 Å². The third-order valence-corrected chi connectivity index (χ3v) is 4.27. The van der Waals surface area contributed by atoms with Gasteiger partial charge in [-0.3, -0.25) is 0 Å². The van der Waals surface area contributed by atoms with Crippen molar-refractivity contribution in [1.82, 2.24) is 10.3 Å². The fraction of sp³-hybridized carbons (Fsp3) is 0.412. The first-order chi connectivity index (χ1) is 9.74. The fourth-order valence-electron chi connectivity index (χ4n) is 3.24. The minimum atomic E-state index is -0.169. The maximum Gasteiger partial charge on any atom is 0.123 e. The van der Waals surface area contributed by atoms with Gasteiger partial charge in [0, 0.05) is 11.9 Å². The van der Waals surface area contributed by atoms with E-state index in [1.54, 1.807) is 12.1 Å². The lowest BCUT2D eigenvalue weighted by Crippen LogP contribution is -2.27. The first kappa shape index (κ1) is 13.4. The summed E-state index contributed by atoms with van der Waals surface area (Å²) in [6.07, 6.45) is 5.41. The lowest BCUT2D eigenvalue weighted by molar-refractivity contribution is 0.458. The average Bonchev–Trinajstić information content (AvgIpc) is 2.83. The number of hydrogen-bond donors (Lipinski definition) is 2. The van der Waals surface area contributed by atoms with E-state index >= 15 is 0 Å². The Morgan fingerprint density at radius 2 is 1.85 bits per heavy atom. The molecule has 1 aromatic carbocycles. The Labute approximate surface area is 119 Å². The van der Waals surface area contributed by atoms with Gasteiger partial charge in [0.05, 0.1) is 0 Å². The van der Waals surface area contributed by atoms with Crippen molar-refractivity contribution in [2.75, 3.05) is 13.1 Å². The number of aryl methyl sites for hydroxylation is 1. The van der Waals surface area contributed by atoms with Gasteiger partial charge in [0.2, 0.25) is 0 Å². The van der Waals surface area contributed by atoms with Crippen molar-refractivity contribution in [3.05, 3.63) is 58.7 Å². The lowest BCUT2D eigenvalue weighted by Gasteiger charge is -2.24. The monoisotopic (exact) mass is 272 g/mol. The molecule has 0 bridgehead atoms. The van der Waals surface area contributed by atoms with E-state index in [1.807, 2.05) is 12.1 Å². The van der Waals surface area contributed by atoms with Crippen molar-refractivity contribution in [2.24, 2.45) is 0 Å². The molecule has 1 fully saturated rings. The summed E-state index contributed by atoms with van der Waals surface area (Å²) in [5, 5.41) is 3.42. The topological polar surface area (TPSA) is 27.8 Å². The van der Waals surface area contributed by atoms with E-state index in [2.05, 4.69) is 23.4 Å². The number of aromatic nitrogens is 1. The zero-order valence-electron chi connectivity index (χ0n) is 11.9. The van der Waals surface area contributed by atoms with Crippen LogP contribution >= 0.6 is 0 Å². The molecule has 0 amide bonds. The number of benzene rings is 1. The number of rotatable bonds is 3. The molecule has 2 N–H and O–H groups in total. The second-order valence-electron chi connectivity index (χ2n) is 5.68. The number of hydrogen-bond acceptors (Lipinski definition) is 1. The molecule has 1 aromatic heterocycles. The highest BCUT2D eigenvalue weighted by atomic mass is 19.1. The van der Waals surface area contributed by atoms with E-state index in [1.165, 1.54) is 35.2 Å². The molecule has 2 aromatic rings. The van der Waals surface area contributed by atoms with Gasteiger partial charge in [0.25, 0.3) is 0 Å². The number of aromatic amines is 1. The molecule has 0 spiro atoms. The van der Waals surface area contributed by atoms with Crippen molar-refractivity contribution in [3.63, 3.8) is 0 Å². The second-order valence-corrected chi connectivity index (χ2v) is 5.68. The van der Waals surface area contributed by atoms with Crippen molar-refractivity contribution < 1.29 is 4.39 Å². The third kappa shape index (κ3) is 2.78. The van der Waals surface area contributed by atoms with Crippen LogP contribution in [0.4, 0.5) is 4.39 Å². The van der Waals surface area contributed by atoms with Gasteiger partial charge in [-0.25, -0.2) is 4.39 Å². The fourth-order valence-corrected chi connectivity index (χ4v) is 3.24. The molecule has 2 heterocycles. The summed E-state index contributed by atoms with van der Waals surface area (Å²) in [5.41, 5.74) is 5.30. The van der Waals surface area contributed by atoms with E-state index in [4.69, 9.17) is 0 Å². The van der Waals surface area contributed by atoms with Crippen LogP contribution in [0, 0.1) is 12.7 Å². The molecule has 0 saturated carbocycles. The van der Waals surface area contributed by atoms with Crippen LogP contribution in [-0.2, 0) is 6.42 Å². The predicted molar refractivity (Wildman–Crippen MR) is 79.6 cm³/mol. The summed E-state index contributed by atoms with van der Waals surface area (Å²) in [6.45, 7) is 4.36. The van der Waals surface area contributed by atoms with Crippen LogP contribution in [-0.4, -0.2) is 18.1 Å². The van der Waals surface area contributed by atoms with E-state index in [9.17, 15) is 4.39 Å². The summed E-state index contributed by atoms with van der Waals surface area (Å²) < 4.78 is 13.0. The van der Waals surface area contributed by atoms with Gasteiger partial charge >= 0.3 is 0 Å². The number of halogens is 1. The van der Waals surface area contributed by atoms with Crippen LogP contribution in [0.15, 0.2) is 30.5 Å². The highest BCUT2D eigenvalue weighted by Crippen LogP contribution is 2.31. The summed E-state index contributed by atoms with van der Waals surface area (Å²) in [6, 6.07) is 6.84. The molecule has 1 saturated heterocycles. The van der Waals surface area contributed by atoms with Gasteiger partial charge in [-0.2, -0.15) is 0 Å². The third-order valence-electron chi connectivity index (χ3n) is 4.27. The van der Waals surface area contributed by atoms with Crippen molar-refractivity contribution in [2.45, 2.75) is 32.1 Å². The standard InChI is InChI=1S/C17H21FN2/c1-12-17(14-6-8-19-9-7-14)15(11-20-12)10-13-2-4-16(18)5-3-13/h2-5,11,14,19-20H,6-10H2,1H3. The molecular weight excluding hydrogens is 251 g/mol. The van der Waals surface area contributed by atoms with Gasteiger partial charge < -0.3 is 10.3 Å². The van der Waals surface area contributed by atoms with Gasteiger partial charge in [0.15, 0.2) is 0 Å². The zero-order valence-corrected chi connectivity index (χ0v) is 11.9. The molecular formula is C17H21FN2. The molecule has 106 valence electrons. The highest BCUT2D eigenvalue weighted by Gasteiger charge is 2.21. The Bertz CT molecular complexity index is 565. The van der Waals surface area contributed by atoms with Gasteiger partial charge in [-0.1, -0.05) is 12.1 Å². The minimum Gasteiger partial charge on any atom is -0.365 e. The van der Waals surface area contributed by atoms with Crippen LogP contribution in [0.25, 0.3) is 0 Å². The summed E-state index contributed by atoms with van der Waals surface area (Å²) in [7, 11) is 0. The first-order valence-electron chi connectivity index (χ1n) is 7.36. The van der Waals surface area contributed by atoms with Crippen LogP contribution in [0.1, 0.15) is 41.1 Å². The molecule has 0 aliphatic carbocycles. The number of piperidine rings is 1. The Morgan fingerprint density at radius 3 is 2.55 bits per heavy atom. The van der Waals surface area contributed by atoms with Crippen LogP contribution in [0.3, 0.4) is 0 Å². The van der Waals surface area contributed by atoms with E-state index < -0.39 is 0 Å². The normalized spacial score (nSPS) is 16.5. The van der Waals surface area contributed by atoms with E-state index in [0.29, 0.717) is 5.92 Å². The van der Waals surface area contributed by atoms with Gasteiger partial charge in [-0.05, 0) is 74.0 Å². The minimum absolute atomic E-state index is 0.169. The molecule has 3 heteroatoms. The summed E-state index contributed by atoms with van der Waals surface area (Å²) in [5.74, 6) is 0.482. The SMILES string of the molecule is Cc1[nH]cc(Cc2ccc(F)cc2)c1C1CCNCC1. The Hall–Kier alpha value is -1.61. The Morgan fingerprint density at radius 1 is 1.15 bits per heavy atom. The first-order valence-corrected chi connectivity index (χ1v) is 7.36. The lowest BCUT2D eigenvalue weighted by atomic mass is 9.86. The zero-order chi connectivity index (χ0) is 13.9. The maximum absolute atomic E-state index is 13.0. The molecule has 20 heavy (non-hydrogen) atoms. The molecule has 0 radical (unpaired) electrons. The van der Waals surface area contributed by atoms with Crippen molar-refractivity contribution in [3.8, 4) is 0 Å².